The van der Waals surface area contributed by atoms with Crippen molar-refractivity contribution in [2.24, 2.45) is 0 Å². The summed E-state index contributed by atoms with van der Waals surface area (Å²) in [5.74, 6) is 0.814. The number of fused-ring (bicyclic) bond motifs is 1. The number of aromatic nitrogens is 3. The Morgan fingerprint density at radius 2 is 1.53 bits per heavy atom. The van der Waals surface area contributed by atoms with Gasteiger partial charge < -0.3 is 0 Å². The van der Waals surface area contributed by atoms with Crippen molar-refractivity contribution in [3.63, 3.8) is 0 Å². The minimum atomic E-state index is 0.241. The van der Waals surface area contributed by atoms with Gasteiger partial charge in [0.05, 0.1) is 0 Å². The fourth-order valence-corrected chi connectivity index (χ4v) is 6.02. The van der Waals surface area contributed by atoms with Crippen LogP contribution in [0.15, 0.2) is 103 Å². The molecular formula is C29H25N3OSe. The summed E-state index contributed by atoms with van der Waals surface area (Å²) >= 11 is 0.241. The number of benzene rings is 4. The molecule has 0 atom stereocenters. The van der Waals surface area contributed by atoms with Gasteiger partial charge in [-0.15, -0.1) is 0 Å². The first-order valence-corrected chi connectivity index (χ1v) is 13.2. The summed E-state index contributed by atoms with van der Waals surface area (Å²) in [6.07, 6.45) is 0. The van der Waals surface area contributed by atoms with Crippen molar-refractivity contribution in [2.45, 2.75) is 12.2 Å². The zero-order valence-electron chi connectivity index (χ0n) is 19.2. The van der Waals surface area contributed by atoms with Gasteiger partial charge >= 0.3 is 206 Å². The van der Waals surface area contributed by atoms with Crippen LogP contribution in [0.4, 0.5) is 0 Å². The number of ether oxygens (including phenoxy) is 1. The second-order valence-electron chi connectivity index (χ2n) is 7.99. The third kappa shape index (κ3) is 4.54. The van der Waals surface area contributed by atoms with Crippen molar-refractivity contribution in [1.29, 1.82) is 0 Å². The zero-order valence-corrected chi connectivity index (χ0v) is 20.9. The second-order valence-corrected chi connectivity index (χ2v) is 10.2. The first kappa shape index (κ1) is 22.1. The van der Waals surface area contributed by atoms with E-state index >= 15 is 0 Å². The molecule has 0 fully saturated rings. The van der Waals surface area contributed by atoms with Gasteiger partial charge in [-0.2, -0.15) is 0 Å². The molecular weight excluding hydrogens is 485 g/mol. The molecule has 0 saturated heterocycles. The zero-order chi connectivity index (χ0) is 23.3. The molecule has 1 aromatic heterocycles. The van der Waals surface area contributed by atoms with Crippen LogP contribution in [-0.4, -0.2) is 37.1 Å². The fraction of sp³-hybridized carbons (Fsp3) is 0.103. The Bertz CT molecular complexity index is 1440. The van der Waals surface area contributed by atoms with Crippen LogP contribution in [-0.2, 0) is 0 Å². The predicted molar refractivity (Wildman–Crippen MR) is 141 cm³/mol. The first-order chi connectivity index (χ1) is 16.7. The molecule has 5 heteroatoms. The van der Waals surface area contributed by atoms with E-state index in [1.807, 2.05) is 41.1 Å². The third-order valence-corrected chi connectivity index (χ3v) is 7.92. The quantitative estimate of drug-likeness (QED) is 0.211. The van der Waals surface area contributed by atoms with Crippen molar-refractivity contribution >= 4 is 41.7 Å². The molecule has 1 heterocycles. The van der Waals surface area contributed by atoms with Crippen molar-refractivity contribution in [3.8, 4) is 5.75 Å². The Morgan fingerprint density at radius 3 is 2.32 bits per heavy atom. The maximum absolute atomic E-state index is 5.81. The Labute approximate surface area is 206 Å². The topological polar surface area (TPSA) is 39.9 Å². The summed E-state index contributed by atoms with van der Waals surface area (Å²) in [5, 5.41) is 10.0. The molecule has 0 amide bonds. The van der Waals surface area contributed by atoms with E-state index in [0.29, 0.717) is 0 Å². The van der Waals surface area contributed by atoms with Crippen molar-refractivity contribution in [2.75, 3.05) is 7.11 Å². The Balaban J connectivity index is 1.79. The fourth-order valence-electron chi connectivity index (χ4n) is 3.99. The van der Waals surface area contributed by atoms with Crippen LogP contribution in [0.2, 0.25) is 5.32 Å². The molecule has 4 aromatic carbocycles. The van der Waals surface area contributed by atoms with E-state index in [1.165, 1.54) is 21.2 Å². The van der Waals surface area contributed by atoms with Gasteiger partial charge in [0.2, 0.25) is 0 Å². The SMILES string of the molecule is COc1ccccc1/C(=C(\C[Se]c1ccccc1)c1ccc(C)cc1)n1nnc2ccccc21. The van der Waals surface area contributed by atoms with E-state index in [-0.39, 0.29) is 15.0 Å². The molecule has 0 aliphatic carbocycles. The van der Waals surface area contributed by atoms with Gasteiger partial charge in [-0.05, 0) is 0 Å². The Morgan fingerprint density at radius 1 is 0.824 bits per heavy atom. The molecule has 0 saturated carbocycles. The molecule has 5 aromatic rings. The van der Waals surface area contributed by atoms with Crippen LogP contribution in [0, 0.1) is 6.92 Å². The van der Waals surface area contributed by atoms with Crippen LogP contribution >= 0.6 is 0 Å². The molecule has 0 aliphatic heterocycles. The number of aryl methyl sites for hydroxylation is 1. The summed E-state index contributed by atoms with van der Waals surface area (Å²) in [6, 6.07) is 35.7. The number of hydrogen-bond donors (Lipinski definition) is 0. The number of methoxy groups -OCH3 is 1. The first-order valence-electron chi connectivity index (χ1n) is 11.2. The van der Waals surface area contributed by atoms with Crippen molar-refractivity contribution in [1.82, 2.24) is 15.0 Å². The van der Waals surface area contributed by atoms with E-state index in [9.17, 15) is 0 Å². The molecule has 4 nitrogen and oxygen atoms in total. The molecule has 34 heavy (non-hydrogen) atoms. The van der Waals surface area contributed by atoms with Crippen LogP contribution < -0.4 is 9.20 Å². The summed E-state index contributed by atoms with van der Waals surface area (Å²) in [6.45, 7) is 2.12. The predicted octanol–water partition coefficient (Wildman–Crippen LogP) is 5.61. The summed E-state index contributed by atoms with van der Waals surface area (Å²) in [7, 11) is 1.72. The third-order valence-electron chi connectivity index (χ3n) is 5.74. The summed E-state index contributed by atoms with van der Waals surface area (Å²) < 4.78 is 9.15. The van der Waals surface area contributed by atoms with Gasteiger partial charge in [-0.3, -0.25) is 0 Å². The molecule has 0 N–H and O–H groups in total. The van der Waals surface area contributed by atoms with Crippen molar-refractivity contribution in [3.05, 3.63) is 120 Å². The number of nitrogens with zero attached hydrogens (tertiary/aromatic N) is 3. The van der Waals surface area contributed by atoms with Crippen LogP contribution in [0.1, 0.15) is 16.7 Å². The average Bonchev–Trinajstić information content (AvgIpc) is 3.31. The van der Waals surface area contributed by atoms with E-state index in [2.05, 4.69) is 84.0 Å². The van der Waals surface area contributed by atoms with Gasteiger partial charge in [0.15, 0.2) is 0 Å². The molecule has 0 unspecified atom stereocenters. The van der Waals surface area contributed by atoms with E-state index in [0.717, 1.165) is 33.4 Å². The van der Waals surface area contributed by atoms with Gasteiger partial charge in [0.1, 0.15) is 0 Å². The molecule has 0 spiro atoms. The molecule has 5 rings (SSSR count). The van der Waals surface area contributed by atoms with Gasteiger partial charge in [0, 0.05) is 0 Å². The summed E-state index contributed by atoms with van der Waals surface area (Å²) in [4.78, 5) is 0. The van der Waals surface area contributed by atoms with Crippen LogP contribution in [0.5, 0.6) is 5.75 Å². The monoisotopic (exact) mass is 511 g/mol. The number of para-hydroxylation sites is 2. The minimum absolute atomic E-state index is 0.241. The van der Waals surface area contributed by atoms with Crippen LogP contribution in [0.3, 0.4) is 0 Å². The van der Waals surface area contributed by atoms with Crippen LogP contribution in [0.25, 0.3) is 22.3 Å². The van der Waals surface area contributed by atoms with E-state index in [4.69, 9.17) is 4.74 Å². The Kier molecular flexibility index (Phi) is 6.57. The number of hydrogen-bond acceptors (Lipinski definition) is 3. The van der Waals surface area contributed by atoms with Gasteiger partial charge in [-0.25, -0.2) is 0 Å². The summed E-state index contributed by atoms with van der Waals surface area (Å²) in [5.41, 5.74) is 7.49. The normalized spacial score (nSPS) is 11.9. The van der Waals surface area contributed by atoms with Gasteiger partial charge in [-0.1, -0.05) is 0 Å². The number of rotatable bonds is 7. The Hall–Kier alpha value is -3.66. The maximum atomic E-state index is 5.81. The van der Waals surface area contributed by atoms with E-state index < -0.39 is 0 Å². The molecule has 0 bridgehead atoms. The van der Waals surface area contributed by atoms with Crippen molar-refractivity contribution < 1.29 is 4.74 Å². The molecule has 0 radical (unpaired) electrons. The number of allylic oxidation sites excluding steroid dienone is 1. The second kappa shape index (κ2) is 10.1. The van der Waals surface area contributed by atoms with Gasteiger partial charge in [0.25, 0.3) is 0 Å². The van der Waals surface area contributed by atoms with E-state index in [1.54, 1.807) is 7.11 Å². The molecule has 168 valence electrons. The standard InChI is InChI=1S/C29H25N3OSe/c1-21-16-18-22(19-17-21)25(20-34-23-10-4-3-5-11-23)29(24-12-6-9-15-28(24)33-2)32-27-14-8-7-13-26(27)30-31-32/h3-19H,20H2,1-2H3/b29-25-. The molecule has 0 aliphatic rings. The average molecular weight is 510 g/mol.